The third-order valence-electron chi connectivity index (χ3n) is 4.04. The summed E-state index contributed by atoms with van der Waals surface area (Å²) in [4.78, 5) is 37.4. The van der Waals surface area contributed by atoms with Crippen LogP contribution in [0.15, 0.2) is 33.8 Å². The molecular weight excluding hydrogens is 412 g/mol. The molecule has 1 aliphatic rings. The summed E-state index contributed by atoms with van der Waals surface area (Å²) in [5.74, 6) is -1.24. The van der Waals surface area contributed by atoms with Gasteiger partial charge >= 0.3 is 6.09 Å². The van der Waals surface area contributed by atoms with Crippen LogP contribution in [-0.2, 0) is 20.7 Å². The van der Waals surface area contributed by atoms with Gasteiger partial charge in [0.1, 0.15) is 17.3 Å². The lowest BCUT2D eigenvalue weighted by Gasteiger charge is -2.25. The molecule has 2 rings (SSSR count). The van der Waals surface area contributed by atoms with E-state index in [1.807, 2.05) is 24.3 Å². The number of ketones is 2. The highest BCUT2D eigenvalue weighted by atomic mass is 79.9. The number of ether oxygens (including phenoxy) is 1. The van der Waals surface area contributed by atoms with Crippen molar-refractivity contribution in [3.05, 3.63) is 34.3 Å². The predicted octanol–water partition coefficient (Wildman–Crippen LogP) is 4.15. The maximum atomic E-state index is 12.8. The van der Waals surface area contributed by atoms with Gasteiger partial charge in [-0.15, -0.1) is 0 Å². The number of nitrogens with zero attached hydrogens (tertiary/aromatic N) is 2. The van der Waals surface area contributed by atoms with Crippen LogP contribution in [0, 0.1) is 5.92 Å². The van der Waals surface area contributed by atoms with Crippen LogP contribution in [0.5, 0.6) is 0 Å². The van der Waals surface area contributed by atoms with Gasteiger partial charge in [0.15, 0.2) is 5.78 Å². The molecule has 7 heteroatoms. The van der Waals surface area contributed by atoms with Crippen molar-refractivity contribution in [1.29, 1.82) is 0 Å². The molecule has 1 amide bonds. The van der Waals surface area contributed by atoms with Gasteiger partial charge in [0.25, 0.3) is 0 Å². The molecule has 1 aromatic rings. The lowest BCUT2D eigenvalue weighted by atomic mass is 9.81. The SMILES string of the molecule is CN(/N=C1/CCCC(=O)C1C(=O)Cc1cccc(Br)c1)C(=O)OC(C)(C)C. The van der Waals surface area contributed by atoms with Gasteiger partial charge in [-0.1, -0.05) is 28.1 Å². The number of halogens is 1. The number of amides is 1. The molecule has 146 valence electrons. The number of hydrogen-bond acceptors (Lipinski definition) is 5. The monoisotopic (exact) mass is 436 g/mol. The molecule has 0 saturated heterocycles. The Kier molecular flexibility index (Phi) is 6.92. The first-order valence-corrected chi connectivity index (χ1v) is 9.70. The Morgan fingerprint density at radius 3 is 2.63 bits per heavy atom. The second kappa shape index (κ2) is 8.78. The fourth-order valence-corrected chi connectivity index (χ4v) is 3.35. The molecule has 0 aromatic heterocycles. The Bertz CT molecular complexity index is 767. The van der Waals surface area contributed by atoms with Crippen LogP contribution in [0.25, 0.3) is 0 Å². The average molecular weight is 437 g/mol. The van der Waals surface area contributed by atoms with Crippen LogP contribution in [0.3, 0.4) is 0 Å². The number of benzene rings is 1. The van der Waals surface area contributed by atoms with Crippen molar-refractivity contribution in [3.8, 4) is 0 Å². The summed E-state index contributed by atoms with van der Waals surface area (Å²) < 4.78 is 6.15. The first-order valence-electron chi connectivity index (χ1n) is 8.91. The molecule has 0 aliphatic heterocycles. The minimum atomic E-state index is -0.900. The summed E-state index contributed by atoms with van der Waals surface area (Å²) in [5.41, 5.74) is 0.608. The van der Waals surface area contributed by atoms with Gasteiger partial charge in [-0.2, -0.15) is 5.10 Å². The van der Waals surface area contributed by atoms with Crippen LogP contribution in [-0.4, -0.2) is 41.0 Å². The maximum absolute atomic E-state index is 12.8. The summed E-state index contributed by atoms with van der Waals surface area (Å²) in [6.45, 7) is 5.29. The van der Waals surface area contributed by atoms with Crippen molar-refractivity contribution in [1.82, 2.24) is 5.01 Å². The summed E-state index contributed by atoms with van der Waals surface area (Å²) in [6, 6.07) is 7.43. The van der Waals surface area contributed by atoms with Crippen molar-refractivity contribution in [2.24, 2.45) is 11.0 Å². The Hall–Kier alpha value is -2.02. The summed E-state index contributed by atoms with van der Waals surface area (Å²) in [7, 11) is 1.47. The first-order chi connectivity index (χ1) is 12.6. The van der Waals surface area contributed by atoms with E-state index in [1.165, 1.54) is 7.05 Å². The number of carbonyl (C=O) groups excluding carboxylic acids is 3. The molecule has 27 heavy (non-hydrogen) atoms. The molecule has 0 heterocycles. The molecule has 0 spiro atoms. The highest BCUT2D eigenvalue weighted by Crippen LogP contribution is 2.23. The Balaban J connectivity index is 2.19. The molecule has 0 N–H and O–H groups in total. The van der Waals surface area contributed by atoms with Crippen molar-refractivity contribution >= 4 is 39.3 Å². The van der Waals surface area contributed by atoms with Gasteiger partial charge in [0.2, 0.25) is 0 Å². The molecule has 0 bridgehead atoms. The number of hydrogen-bond donors (Lipinski definition) is 0. The van der Waals surface area contributed by atoms with Crippen LogP contribution >= 0.6 is 15.9 Å². The van der Waals surface area contributed by atoms with Crippen LogP contribution < -0.4 is 0 Å². The Morgan fingerprint density at radius 2 is 2.00 bits per heavy atom. The molecule has 1 aromatic carbocycles. The van der Waals surface area contributed by atoms with Crippen LogP contribution in [0.1, 0.15) is 45.6 Å². The summed E-state index contributed by atoms with van der Waals surface area (Å²) >= 11 is 3.38. The Morgan fingerprint density at radius 1 is 1.30 bits per heavy atom. The van der Waals surface area contributed by atoms with Crippen molar-refractivity contribution in [2.45, 2.75) is 52.1 Å². The van der Waals surface area contributed by atoms with E-state index in [2.05, 4.69) is 21.0 Å². The van der Waals surface area contributed by atoms with E-state index in [0.717, 1.165) is 15.0 Å². The number of hydrazone groups is 1. The van der Waals surface area contributed by atoms with E-state index >= 15 is 0 Å². The van der Waals surface area contributed by atoms with Gasteiger partial charge < -0.3 is 4.74 Å². The van der Waals surface area contributed by atoms with Crippen molar-refractivity contribution in [2.75, 3.05) is 7.05 Å². The standard InChI is InChI=1S/C20H25BrN2O4/c1-20(2,3)27-19(26)23(4)22-15-9-6-10-16(24)18(15)17(25)12-13-7-5-8-14(21)11-13/h5,7-8,11,18H,6,9-10,12H2,1-4H3/b22-15-. The Labute approximate surface area is 168 Å². The molecular formula is C20H25BrN2O4. The molecule has 0 radical (unpaired) electrons. The highest BCUT2D eigenvalue weighted by Gasteiger charge is 2.35. The van der Waals surface area contributed by atoms with Gasteiger partial charge in [-0.25, -0.2) is 9.80 Å². The van der Waals surface area contributed by atoms with E-state index in [1.54, 1.807) is 20.8 Å². The van der Waals surface area contributed by atoms with Gasteiger partial charge in [0.05, 0.1) is 5.71 Å². The van der Waals surface area contributed by atoms with E-state index in [4.69, 9.17) is 4.74 Å². The lowest BCUT2D eigenvalue weighted by Crippen LogP contribution is -2.39. The van der Waals surface area contributed by atoms with E-state index in [-0.39, 0.29) is 18.0 Å². The largest absolute Gasteiger partial charge is 0.442 e. The average Bonchev–Trinajstić information content (AvgIpc) is 2.53. The van der Waals surface area contributed by atoms with E-state index in [0.29, 0.717) is 25.0 Å². The highest BCUT2D eigenvalue weighted by molar-refractivity contribution is 9.10. The third kappa shape index (κ3) is 6.27. The molecule has 6 nitrogen and oxygen atoms in total. The molecule has 1 atom stereocenters. The fourth-order valence-electron chi connectivity index (χ4n) is 2.90. The van der Waals surface area contributed by atoms with Gasteiger partial charge in [-0.3, -0.25) is 9.59 Å². The normalized spacial score (nSPS) is 19.1. The number of carbonyl (C=O) groups is 3. The van der Waals surface area contributed by atoms with Crippen LogP contribution in [0.4, 0.5) is 4.79 Å². The van der Waals surface area contributed by atoms with Crippen molar-refractivity contribution < 1.29 is 19.1 Å². The smallest absolute Gasteiger partial charge is 0.430 e. The molecule has 1 unspecified atom stereocenters. The number of Topliss-reactive ketones (excluding diaryl/α,β-unsaturated/α-hetero) is 2. The fraction of sp³-hybridized carbons (Fsp3) is 0.500. The second-order valence-electron chi connectivity index (χ2n) is 7.62. The summed E-state index contributed by atoms with van der Waals surface area (Å²) in [6.07, 6.45) is 1.01. The van der Waals surface area contributed by atoms with Gasteiger partial charge in [0, 0.05) is 24.4 Å². The van der Waals surface area contributed by atoms with Gasteiger partial charge in [-0.05, 0) is 51.3 Å². The topological polar surface area (TPSA) is 76.0 Å². The minimum absolute atomic E-state index is 0.141. The van der Waals surface area contributed by atoms with E-state index in [9.17, 15) is 14.4 Å². The van der Waals surface area contributed by atoms with Crippen LogP contribution in [0.2, 0.25) is 0 Å². The third-order valence-corrected chi connectivity index (χ3v) is 4.53. The zero-order valence-corrected chi connectivity index (χ0v) is 17.7. The predicted molar refractivity (Wildman–Crippen MR) is 107 cm³/mol. The number of rotatable bonds is 4. The van der Waals surface area contributed by atoms with E-state index < -0.39 is 17.6 Å². The molecule has 1 aliphatic carbocycles. The quantitative estimate of drug-likeness (QED) is 0.524. The zero-order chi connectivity index (χ0) is 20.2. The molecule has 1 fully saturated rings. The van der Waals surface area contributed by atoms with Crippen molar-refractivity contribution in [3.63, 3.8) is 0 Å². The second-order valence-corrected chi connectivity index (χ2v) is 8.54. The maximum Gasteiger partial charge on any atom is 0.430 e. The lowest BCUT2D eigenvalue weighted by molar-refractivity contribution is -0.130. The molecule has 1 saturated carbocycles. The summed E-state index contributed by atoms with van der Waals surface area (Å²) in [5, 5.41) is 5.32. The minimum Gasteiger partial charge on any atom is -0.442 e. The zero-order valence-electron chi connectivity index (χ0n) is 16.1. The first kappa shape index (κ1) is 21.3.